The molecule has 1 aromatic rings. The van der Waals surface area contributed by atoms with Gasteiger partial charge in [0.1, 0.15) is 0 Å². The highest BCUT2D eigenvalue weighted by Crippen LogP contribution is 2.29. The molecule has 1 heterocycles. The Balaban J connectivity index is 1.91. The molecule has 0 bridgehead atoms. The number of rotatable bonds is 4. The summed E-state index contributed by atoms with van der Waals surface area (Å²) in [6, 6.07) is 0. The summed E-state index contributed by atoms with van der Waals surface area (Å²) in [5.41, 5.74) is 1.31. The molecule has 1 N–H and O–H groups in total. The predicted molar refractivity (Wildman–Crippen MR) is 70.2 cm³/mol. The maximum Gasteiger partial charge on any atom is 0.0897 e. The lowest BCUT2D eigenvalue weighted by Gasteiger charge is -2.36. The second-order valence-electron chi connectivity index (χ2n) is 4.69. The Morgan fingerprint density at radius 3 is 2.75 bits per heavy atom. The predicted octanol–water partition coefficient (Wildman–Crippen LogP) is 3.48. The van der Waals surface area contributed by atoms with E-state index in [1.807, 2.05) is 6.92 Å². The Bertz CT molecular complexity index is 332. The van der Waals surface area contributed by atoms with Crippen molar-refractivity contribution in [3.63, 3.8) is 0 Å². The van der Waals surface area contributed by atoms with Crippen LogP contribution >= 0.6 is 22.9 Å². The van der Waals surface area contributed by atoms with Crippen molar-refractivity contribution in [3.8, 4) is 0 Å². The minimum atomic E-state index is 0.164. The zero-order valence-electron chi connectivity index (χ0n) is 9.76. The topological polar surface area (TPSA) is 24.9 Å². The van der Waals surface area contributed by atoms with E-state index in [-0.39, 0.29) is 5.54 Å². The molecule has 1 saturated carbocycles. The van der Waals surface area contributed by atoms with Gasteiger partial charge < -0.3 is 5.32 Å². The number of aromatic nitrogens is 1. The largest absolute Gasteiger partial charge is 0.304 e. The smallest absolute Gasteiger partial charge is 0.0897 e. The summed E-state index contributed by atoms with van der Waals surface area (Å²) in [5, 5.41) is 6.90. The third-order valence-corrected chi connectivity index (χ3v) is 4.71. The van der Waals surface area contributed by atoms with Gasteiger partial charge in [-0.05, 0) is 19.8 Å². The number of hydrogen-bond acceptors (Lipinski definition) is 3. The van der Waals surface area contributed by atoms with Gasteiger partial charge in [0.15, 0.2) is 0 Å². The van der Waals surface area contributed by atoms with Gasteiger partial charge >= 0.3 is 0 Å². The molecule has 0 aliphatic heterocycles. The minimum Gasteiger partial charge on any atom is -0.304 e. The van der Waals surface area contributed by atoms with Crippen molar-refractivity contribution in [1.82, 2.24) is 10.3 Å². The lowest BCUT2D eigenvalue weighted by Crippen LogP contribution is -2.48. The van der Waals surface area contributed by atoms with Gasteiger partial charge in [0.25, 0.3) is 0 Å². The summed E-state index contributed by atoms with van der Waals surface area (Å²) >= 11 is 7.84. The fourth-order valence-corrected chi connectivity index (χ4v) is 3.33. The average molecular weight is 259 g/mol. The maximum absolute atomic E-state index is 6.13. The Labute approximate surface area is 106 Å². The van der Waals surface area contributed by atoms with Crippen molar-refractivity contribution >= 4 is 22.9 Å². The second kappa shape index (κ2) is 5.48. The summed E-state index contributed by atoms with van der Waals surface area (Å²) in [6.07, 6.45) is 6.38. The SMILES string of the molecule is Cc1nc(CNC2(CCl)CCCCC2)cs1. The number of hydrogen-bond donors (Lipinski definition) is 1. The molecule has 0 radical (unpaired) electrons. The van der Waals surface area contributed by atoms with E-state index in [1.54, 1.807) is 11.3 Å². The molecule has 0 unspecified atom stereocenters. The summed E-state index contributed by atoms with van der Waals surface area (Å²) in [7, 11) is 0. The molecule has 0 aromatic carbocycles. The van der Waals surface area contributed by atoms with Crippen LogP contribution in [0.3, 0.4) is 0 Å². The van der Waals surface area contributed by atoms with Crippen molar-refractivity contribution in [3.05, 3.63) is 16.1 Å². The molecular weight excluding hydrogens is 240 g/mol. The van der Waals surface area contributed by atoms with Gasteiger partial charge in [-0.25, -0.2) is 4.98 Å². The fraction of sp³-hybridized carbons (Fsp3) is 0.750. The zero-order valence-corrected chi connectivity index (χ0v) is 11.3. The summed E-state index contributed by atoms with van der Waals surface area (Å²) in [4.78, 5) is 4.47. The summed E-state index contributed by atoms with van der Waals surface area (Å²) in [5.74, 6) is 0.718. The normalized spacial score (nSPS) is 19.9. The molecule has 0 saturated heterocycles. The first-order valence-electron chi connectivity index (χ1n) is 5.96. The average Bonchev–Trinajstić information content (AvgIpc) is 2.74. The van der Waals surface area contributed by atoms with Crippen LogP contribution in [0.5, 0.6) is 0 Å². The Morgan fingerprint density at radius 1 is 1.44 bits per heavy atom. The molecule has 2 rings (SSSR count). The minimum absolute atomic E-state index is 0.164. The van der Waals surface area contributed by atoms with Crippen molar-refractivity contribution in [2.45, 2.75) is 51.1 Å². The van der Waals surface area contributed by atoms with Gasteiger partial charge in [-0.15, -0.1) is 22.9 Å². The van der Waals surface area contributed by atoms with E-state index in [2.05, 4.69) is 15.7 Å². The zero-order chi connectivity index (χ0) is 11.4. The quantitative estimate of drug-likeness (QED) is 0.837. The number of nitrogens with one attached hydrogen (secondary N) is 1. The monoisotopic (exact) mass is 258 g/mol. The van der Waals surface area contributed by atoms with Crippen molar-refractivity contribution in [2.75, 3.05) is 5.88 Å². The lowest BCUT2D eigenvalue weighted by atomic mass is 9.83. The number of alkyl halides is 1. The van der Waals surface area contributed by atoms with Crippen LogP contribution in [0.2, 0.25) is 0 Å². The second-order valence-corrected chi connectivity index (χ2v) is 6.02. The Hall–Kier alpha value is -0.120. The number of thiazole rings is 1. The molecule has 16 heavy (non-hydrogen) atoms. The molecule has 1 fully saturated rings. The summed E-state index contributed by atoms with van der Waals surface area (Å²) < 4.78 is 0. The van der Waals surface area contributed by atoms with Gasteiger partial charge in [-0.1, -0.05) is 19.3 Å². The van der Waals surface area contributed by atoms with E-state index in [0.29, 0.717) is 0 Å². The number of aryl methyl sites for hydroxylation is 1. The third kappa shape index (κ3) is 2.96. The van der Waals surface area contributed by atoms with E-state index in [9.17, 15) is 0 Å². The van der Waals surface area contributed by atoms with Crippen LogP contribution in [-0.2, 0) is 6.54 Å². The molecular formula is C12H19ClN2S. The number of nitrogens with zero attached hydrogens (tertiary/aromatic N) is 1. The molecule has 0 atom stereocenters. The van der Waals surface area contributed by atoms with Crippen molar-refractivity contribution in [1.29, 1.82) is 0 Å². The van der Waals surface area contributed by atoms with E-state index in [4.69, 9.17) is 11.6 Å². The van der Waals surface area contributed by atoms with E-state index in [1.165, 1.54) is 32.1 Å². The molecule has 0 amide bonds. The molecule has 0 spiro atoms. The highest BCUT2D eigenvalue weighted by Gasteiger charge is 2.30. The maximum atomic E-state index is 6.13. The standard InChI is InChI=1S/C12H19ClN2S/c1-10-15-11(8-16-10)7-14-12(9-13)5-3-2-4-6-12/h8,14H,2-7,9H2,1H3. The molecule has 90 valence electrons. The Kier molecular flexibility index (Phi) is 4.22. The van der Waals surface area contributed by atoms with Crippen LogP contribution < -0.4 is 5.32 Å². The van der Waals surface area contributed by atoms with Gasteiger partial charge in [-0.2, -0.15) is 0 Å². The van der Waals surface area contributed by atoms with E-state index < -0.39 is 0 Å². The van der Waals surface area contributed by atoms with Crippen LogP contribution in [0.1, 0.15) is 42.8 Å². The third-order valence-electron chi connectivity index (χ3n) is 3.38. The van der Waals surface area contributed by atoms with Crippen molar-refractivity contribution in [2.24, 2.45) is 0 Å². The fourth-order valence-electron chi connectivity index (χ4n) is 2.35. The molecule has 4 heteroatoms. The lowest BCUT2D eigenvalue weighted by molar-refractivity contribution is 0.255. The van der Waals surface area contributed by atoms with Crippen LogP contribution in [0.25, 0.3) is 0 Å². The van der Waals surface area contributed by atoms with Gasteiger partial charge in [0.05, 0.1) is 10.7 Å². The van der Waals surface area contributed by atoms with Crippen molar-refractivity contribution < 1.29 is 0 Å². The molecule has 2 nitrogen and oxygen atoms in total. The van der Waals surface area contributed by atoms with E-state index >= 15 is 0 Å². The first-order chi connectivity index (χ1) is 7.74. The van der Waals surface area contributed by atoms with Crippen LogP contribution in [0.15, 0.2) is 5.38 Å². The van der Waals surface area contributed by atoms with E-state index in [0.717, 1.165) is 23.1 Å². The molecule has 1 aliphatic carbocycles. The van der Waals surface area contributed by atoms with Crippen LogP contribution in [0.4, 0.5) is 0 Å². The van der Waals surface area contributed by atoms with Gasteiger partial charge in [-0.3, -0.25) is 0 Å². The molecule has 1 aliphatic rings. The summed E-state index contributed by atoms with van der Waals surface area (Å²) in [6.45, 7) is 2.91. The highest BCUT2D eigenvalue weighted by molar-refractivity contribution is 7.09. The number of halogens is 1. The van der Waals surface area contributed by atoms with Gasteiger partial charge in [0, 0.05) is 23.3 Å². The Morgan fingerprint density at radius 2 is 2.19 bits per heavy atom. The van der Waals surface area contributed by atoms with Gasteiger partial charge in [0.2, 0.25) is 0 Å². The van der Waals surface area contributed by atoms with Crippen LogP contribution in [-0.4, -0.2) is 16.4 Å². The molecule has 1 aromatic heterocycles. The first-order valence-corrected chi connectivity index (χ1v) is 7.37. The first kappa shape index (κ1) is 12.3. The highest BCUT2D eigenvalue weighted by atomic mass is 35.5. The van der Waals surface area contributed by atoms with Crippen LogP contribution in [0, 0.1) is 6.92 Å².